The molecule has 0 aromatic carbocycles. The smallest absolute Gasteiger partial charge is 0.356 e. The van der Waals surface area contributed by atoms with Crippen LogP contribution in [0.25, 0.3) is 5.78 Å². The molecule has 0 radical (unpaired) electrons. The van der Waals surface area contributed by atoms with Gasteiger partial charge in [0.15, 0.2) is 5.69 Å². The van der Waals surface area contributed by atoms with Crippen LogP contribution in [0.15, 0.2) is 15.7 Å². The maximum absolute atomic E-state index is 12.4. The van der Waals surface area contributed by atoms with Crippen molar-refractivity contribution < 1.29 is 17.7 Å². The van der Waals surface area contributed by atoms with Crippen LogP contribution in [0.3, 0.4) is 0 Å². The molecule has 2 heterocycles. The van der Waals surface area contributed by atoms with Crippen molar-refractivity contribution in [1.82, 2.24) is 14.5 Å². The molecule has 0 aliphatic rings. The average molecular weight is 219 g/mol. The molecule has 2 aromatic heterocycles. The second kappa shape index (κ2) is 2.81. The number of hydrogen-bond acceptors (Lipinski definition) is 4. The lowest BCUT2D eigenvalue weighted by molar-refractivity contribution is -0.141. The second-order valence-corrected chi connectivity index (χ2v) is 2.82. The summed E-state index contributed by atoms with van der Waals surface area (Å²) in [5.41, 5.74) is -2.66. The highest BCUT2D eigenvalue weighted by Crippen LogP contribution is 2.28. The maximum Gasteiger partial charge on any atom is 0.433 e. The van der Waals surface area contributed by atoms with Gasteiger partial charge in [0.2, 0.25) is 6.39 Å². The quantitative estimate of drug-likeness (QED) is 0.663. The Morgan fingerprint density at radius 3 is 2.73 bits per heavy atom. The monoisotopic (exact) mass is 219 g/mol. The Morgan fingerprint density at radius 2 is 2.13 bits per heavy atom. The molecule has 0 amide bonds. The van der Waals surface area contributed by atoms with Crippen LogP contribution in [-0.4, -0.2) is 14.5 Å². The zero-order chi connectivity index (χ0) is 11.2. The fourth-order valence-corrected chi connectivity index (χ4v) is 1.14. The summed E-state index contributed by atoms with van der Waals surface area (Å²) < 4.78 is 42.3. The van der Waals surface area contributed by atoms with Crippen LogP contribution in [0.4, 0.5) is 13.2 Å². The van der Waals surface area contributed by atoms with Gasteiger partial charge in [-0.2, -0.15) is 18.2 Å². The predicted octanol–water partition coefficient (Wildman–Crippen LogP) is 1.01. The Morgan fingerprint density at radius 1 is 1.47 bits per heavy atom. The normalized spacial score (nSPS) is 12.3. The summed E-state index contributed by atoms with van der Waals surface area (Å²) in [4.78, 5) is 17.9. The van der Waals surface area contributed by atoms with Crippen LogP contribution in [0, 0.1) is 6.92 Å². The molecule has 0 aliphatic carbocycles. The molecular formula is C7H4F3N3O2. The molecule has 80 valence electrons. The van der Waals surface area contributed by atoms with Gasteiger partial charge in [-0.15, -0.1) is 0 Å². The predicted molar refractivity (Wildman–Crippen MR) is 41.3 cm³/mol. The average Bonchev–Trinajstić information content (AvgIpc) is 2.57. The summed E-state index contributed by atoms with van der Waals surface area (Å²) >= 11 is 0. The highest BCUT2D eigenvalue weighted by molar-refractivity contribution is 5.31. The van der Waals surface area contributed by atoms with Crippen molar-refractivity contribution in [3.63, 3.8) is 0 Å². The van der Waals surface area contributed by atoms with Gasteiger partial charge in [0.1, 0.15) is 0 Å². The molecule has 0 N–H and O–H groups in total. The van der Waals surface area contributed by atoms with Gasteiger partial charge in [0.25, 0.3) is 11.3 Å². The van der Waals surface area contributed by atoms with Crippen molar-refractivity contribution >= 4 is 5.78 Å². The number of aromatic nitrogens is 3. The molecule has 0 saturated heterocycles. The first-order valence-corrected chi connectivity index (χ1v) is 3.82. The van der Waals surface area contributed by atoms with Crippen LogP contribution >= 0.6 is 0 Å². The number of rotatable bonds is 0. The van der Waals surface area contributed by atoms with Crippen LogP contribution in [0.1, 0.15) is 11.3 Å². The van der Waals surface area contributed by atoms with E-state index in [0.29, 0.717) is 4.57 Å². The van der Waals surface area contributed by atoms with Crippen LogP contribution in [0.5, 0.6) is 0 Å². The van der Waals surface area contributed by atoms with Gasteiger partial charge >= 0.3 is 6.18 Å². The lowest BCUT2D eigenvalue weighted by Gasteiger charge is -2.06. The lowest BCUT2D eigenvalue weighted by Crippen LogP contribution is -2.23. The van der Waals surface area contributed by atoms with Gasteiger partial charge in [0, 0.05) is 5.56 Å². The van der Waals surface area contributed by atoms with E-state index < -0.39 is 28.8 Å². The third-order valence-electron chi connectivity index (χ3n) is 1.84. The zero-order valence-corrected chi connectivity index (χ0v) is 7.37. The van der Waals surface area contributed by atoms with Crippen LogP contribution in [-0.2, 0) is 6.18 Å². The number of alkyl halides is 3. The van der Waals surface area contributed by atoms with Crippen LogP contribution in [0.2, 0.25) is 0 Å². The number of halogens is 3. The zero-order valence-electron chi connectivity index (χ0n) is 7.37. The van der Waals surface area contributed by atoms with Crippen molar-refractivity contribution in [3.8, 4) is 0 Å². The molecule has 0 fully saturated rings. The van der Waals surface area contributed by atoms with Crippen molar-refractivity contribution in [3.05, 3.63) is 28.0 Å². The Hall–Kier alpha value is -1.86. The van der Waals surface area contributed by atoms with Gasteiger partial charge in [-0.25, -0.2) is 4.98 Å². The van der Waals surface area contributed by atoms with E-state index in [4.69, 9.17) is 0 Å². The van der Waals surface area contributed by atoms with E-state index in [1.807, 2.05) is 0 Å². The van der Waals surface area contributed by atoms with Crippen molar-refractivity contribution in [2.24, 2.45) is 0 Å². The minimum Gasteiger partial charge on any atom is -0.356 e. The molecule has 5 nitrogen and oxygen atoms in total. The standard InChI is InChI=1S/C7H4F3N3O2/c1-3-4(7(8,9)10)12-6-11-2-15-13(6)5(3)14/h2H,1H3. The largest absolute Gasteiger partial charge is 0.433 e. The molecule has 0 bridgehead atoms. The first-order valence-electron chi connectivity index (χ1n) is 3.82. The summed E-state index contributed by atoms with van der Waals surface area (Å²) in [5, 5.41) is 0. The molecule has 8 heteroatoms. The van der Waals surface area contributed by atoms with E-state index >= 15 is 0 Å². The van der Waals surface area contributed by atoms with Gasteiger partial charge in [-0.05, 0) is 6.92 Å². The number of fused-ring (bicyclic) bond motifs is 1. The molecule has 0 unspecified atom stereocenters. The molecule has 0 aliphatic heterocycles. The topological polar surface area (TPSA) is 60.4 Å². The van der Waals surface area contributed by atoms with E-state index in [-0.39, 0.29) is 0 Å². The summed E-state index contributed by atoms with van der Waals surface area (Å²) in [6, 6.07) is 0. The number of nitrogens with zero attached hydrogens (tertiary/aromatic N) is 3. The fraction of sp³-hybridized carbons (Fsp3) is 0.286. The van der Waals surface area contributed by atoms with E-state index in [0.717, 1.165) is 13.3 Å². The summed E-state index contributed by atoms with van der Waals surface area (Å²) in [5.74, 6) is -0.405. The van der Waals surface area contributed by atoms with Crippen molar-refractivity contribution in [2.75, 3.05) is 0 Å². The molecule has 0 spiro atoms. The Balaban J connectivity index is 2.88. The summed E-state index contributed by atoms with van der Waals surface area (Å²) in [7, 11) is 0. The lowest BCUT2D eigenvalue weighted by atomic mass is 10.2. The highest BCUT2D eigenvalue weighted by Gasteiger charge is 2.36. The molecule has 15 heavy (non-hydrogen) atoms. The summed E-state index contributed by atoms with van der Waals surface area (Å²) in [6.07, 6.45) is -3.82. The molecule has 2 aromatic rings. The summed E-state index contributed by atoms with van der Waals surface area (Å²) in [6.45, 7) is 1.03. The van der Waals surface area contributed by atoms with Crippen molar-refractivity contribution in [1.29, 1.82) is 0 Å². The van der Waals surface area contributed by atoms with Gasteiger partial charge in [-0.3, -0.25) is 4.79 Å². The van der Waals surface area contributed by atoms with E-state index in [1.54, 1.807) is 0 Å². The minimum absolute atomic E-state index is 0.405. The first kappa shape index (κ1) is 9.69. The van der Waals surface area contributed by atoms with E-state index in [2.05, 4.69) is 14.5 Å². The maximum atomic E-state index is 12.4. The first-order chi connectivity index (χ1) is 6.91. The van der Waals surface area contributed by atoms with Crippen molar-refractivity contribution in [2.45, 2.75) is 13.1 Å². The Kier molecular flexibility index (Phi) is 1.82. The second-order valence-electron chi connectivity index (χ2n) is 2.82. The Bertz CT molecular complexity index is 569. The van der Waals surface area contributed by atoms with E-state index in [9.17, 15) is 18.0 Å². The Labute approximate surface area is 80.1 Å². The molecule has 2 rings (SSSR count). The molecule has 0 saturated carbocycles. The van der Waals surface area contributed by atoms with E-state index in [1.165, 1.54) is 0 Å². The van der Waals surface area contributed by atoms with Gasteiger partial charge < -0.3 is 4.52 Å². The van der Waals surface area contributed by atoms with Gasteiger partial charge in [-0.1, -0.05) is 4.57 Å². The molecular weight excluding hydrogens is 215 g/mol. The van der Waals surface area contributed by atoms with Crippen LogP contribution < -0.4 is 5.56 Å². The third kappa shape index (κ3) is 1.37. The number of hydrogen-bond donors (Lipinski definition) is 0. The highest BCUT2D eigenvalue weighted by atomic mass is 19.4. The third-order valence-corrected chi connectivity index (χ3v) is 1.84. The van der Waals surface area contributed by atoms with Gasteiger partial charge in [0.05, 0.1) is 0 Å². The minimum atomic E-state index is -4.67. The molecule has 0 atom stereocenters. The fourth-order valence-electron chi connectivity index (χ4n) is 1.14. The SMILES string of the molecule is Cc1c(C(F)(F)F)nc2ncon2c1=O.